The SMILES string of the molecule is CNC(Cc1nnn(C)n1)c1ccccc1OC. The highest BCUT2D eigenvalue weighted by Crippen LogP contribution is 2.26. The number of para-hydroxylation sites is 1. The van der Waals surface area contributed by atoms with Gasteiger partial charge in [-0.1, -0.05) is 18.2 Å². The predicted molar refractivity (Wildman–Crippen MR) is 67.3 cm³/mol. The van der Waals surface area contributed by atoms with Gasteiger partial charge in [0.25, 0.3) is 0 Å². The highest BCUT2D eigenvalue weighted by atomic mass is 16.5. The number of hydrogen-bond acceptors (Lipinski definition) is 5. The van der Waals surface area contributed by atoms with Gasteiger partial charge >= 0.3 is 0 Å². The number of methoxy groups -OCH3 is 1. The Morgan fingerprint density at radius 1 is 1.39 bits per heavy atom. The fourth-order valence-electron chi connectivity index (χ4n) is 1.91. The molecule has 0 amide bonds. The summed E-state index contributed by atoms with van der Waals surface area (Å²) in [6.07, 6.45) is 0.671. The first-order chi connectivity index (χ1) is 8.74. The van der Waals surface area contributed by atoms with Crippen molar-refractivity contribution in [2.75, 3.05) is 14.2 Å². The van der Waals surface area contributed by atoms with Gasteiger partial charge in [0.05, 0.1) is 14.2 Å². The molecule has 6 heteroatoms. The predicted octanol–water partition coefficient (Wildman–Crippen LogP) is 0.722. The molecular formula is C12H17N5O. The van der Waals surface area contributed by atoms with Crippen molar-refractivity contribution in [1.82, 2.24) is 25.5 Å². The summed E-state index contributed by atoms with van der Waals surface area (Å²) in [5.74, 6) is 1.57. The first-order valence-electron chi connectivity index (χ1n) is 5.77. The summed E-state index contributed by atoms with van der Waals surface area (Å²) in [5.41, 5.74) is 1.09. The summed E-state index contributed by atoms with van der Waals surface area (Å²) in [7, 11) is 5.34. The van der Waals surface area contributed by atoms with Gasteiger partial charge in [0, 0.05) is 18.0 Å². The molecule has 6 nitrogen and oxygen atoms in total. The lowest BCUT2D eigenvalue weighted by atomic mass is 10.0. The maximum Gasteiger partial charge on any atom is 0.176 e. The number of hydrogen-bond donors (Lipinski definition) is 1. The van der Waals surface area contributed by atoms with Gasteiger partial charge in [-0.3, -0.25) is 0 Å². The van der Waals surface area contributed by atoms with Crippen LogP contribution in [0.2, 0.25) is 0 Å². The number of benzene rings is 1. The number of ether oxygens (including phenoxy) is 1. The lowest BCUT2D eigenvalue weighted by Crippen LogP contribution is -2.20. The molecule has 0 aliphatic rings. The average Bonchev–Trinajstić information content (AvgIpc) is 2.81. The fraction of sp³-hybridized carbons (Fsp3) is 0.417. The van der Waals surface area contributed by atoms with Gasteiger partial charge in [0.2, 0.25) is 0 Å². The van der Waals surface area contributed by atoms with Gasteiger partial charge in [-0.05, 0) is 18.3 Å². The van der Waals surface area contributed by atoms with E-state index in [0.717, 1.165) is 11.3 Å². The zero-order valence-corrected chi connectivity index (χ0v) is 10.8. The maximum absolute atomic E-state index is 5.37. The van der Waals surface area contributed by atoms with Crippen molar-refractivity contribution in [1.29, 1.82) is 0 Å². The molecular weight excluding hydrogens is 230 g/mol. The topological polar surface area (TPSA) is 64.9 Å². The molecule has 96 valence electrons. The molecule has 0 fully saturated rings. The molecule has 0 saturated heterocycles. The van der Waals surface area contributed by atoms with Crippen LogP contribution in [0.1, 0.15) is 17.4 Å². The van der Waals surface area contributed by atoms with Gasteiger partial charge in [0.15, 0.2) is 5.82 Å². The molecule has 1 N–H and O–H groups in total. The summed E-state index contributed by atoms with van der Waals surface area (Å²) >= 11 is 0. The zero-order valence-electron chi connectivity index (χ0n) is 10.8. The zero-order chi connectivity index (χ0) is 13.0. The van der Waals surface area contributed by atoms with Gasteiger partial charge in [-0.25, -0.2) is 0 Å². The largest absolute Gasteiger partial charge is 0.496 e. The van der Waals surface area contributed by atoms with Crippen molar-refractivity contribution >= 4 is 0 Å². The van der Waals surface area contributed by atoms with Crippen molar-refractivity contribution < 1.29 is 4.74 Å². The van der Waals surface area contributed by atoms with Gasteiger partial charge < -0.3 is 10.1 Å². The van der Waals surface area contributed by atoms with E-state index in [9.17, 15) is 0 Å². The summed E-state index contributed by atoms with van der Waals surface area (Å²) in [4.78, 5) is 1.46. The molecule has 2 aromatic rings. The molecule has 0 aliphatic carbocycles. The van der Waals surface area contributed by atoms with E-state index in [2.05, 4.69) is 20.7 Å². The molecule has 18 heavy (non-hydrogen) atoms. The van der Waals surface area contributed by atoms with Crippen molar-refractivity contribution in [2.45, 2.75) is 12.5 Å². The van der Waals surface area contributed by atoms with E-state index >= 15 is 0 Å². The second kappa shape index (κ2) is 5.59. The lowest BCUT2D eigenvalue weighted by Gasteiger charge is -2.17. The Morgan fingerprint density at radius 3 is 2.78 bits per heavy atom. The quantitative estimate of drug-likeness (QED) is 0.843. The van der Waals surface area contributed by atoms with Gasteiger partial charge in [-0.2, -0.15) is 4.80 Å². The number of tetrazole rings is 1. The molecule has 0 bridgehead atoms. The summed E-state index contributed by atoms with van der Waals surface area (Å²) < 4.78 is 5.37. The standard InChI is InChI=1S/C12H17N5O/c1-13-10(8-12-14-16-17(2)15-12)9-6-4-5-7-11(9)18-3/h4-7,10,13H,8H2,1-3H3. The van der Waals surface area contributed by atoms with Crippen molar-refractivity contribution in [3.05, 3.63) is 35.7 Å². The van der Waals surface area contributed by atoms with E-state index in [4.69, 9.17) is 4.74 Å². The molecule has 1 unspecified atom stereocenters. The number of rotatable bonds is 5. The molecule has 1 heterocycles. The van der Waals surface area contributed by atoms with Crippen LogP contribution in [-0.4, -0.2) is 34.4 Å². The van der Waals surface area contributed by atoms with E-state index < -0.39 is 0 Å². The van der Waals surface area contributed by atoms with Crippen LogP contribution >= 0.6 is 0 Å². The molecule has 0 aliphatic heterocycles. The Balaban J connectivity index is 2.22. The number of nitrogens with zero attached hydrogens (tertiary/aromatic N) is 4. The monoisotopic (exact) mass is 247 g/mol. The smallest absolute Gasteiger partial charge is 0.176 e. The van der Waals surface area contributed by atoms with Crippen LogP contribution in [0.4, 0.5) is 0 Å². The highest BCUT2D eigenvalue weighted by molar-refractivity contribution is 5.36. The van der Waals surface area contributed by atoms with Gasteiger partial charge in [-0.15, -0.1) is 10.2 Å². The number of nitrogens with one attached hydrogen (secondary N) is 1. The van der Waals surface area contributed by atoms with Crippen LogP contribution in [0, 0.1) is 0 Å². The Morgan fingerprint density at radius 2 is 2.17 bits per heavy atom. The van der Waals surface area contributed by atoms with E-state index in [1.54, 1.807) is 14.2 Å². The van der Waals surface area contributed by atoms with Crippen LogP contribution in [0.5, 0.6) is 5.75 Å². The van der Waals surface area contributed by atoms with E-state index in [-0.39, 0.29) is 6.04 Å². The Kier molecular flexibility index (Phi) is 3.88. The van der Waals surface area contributed by atoms with E-state index in [1.165, 1.54) is 4.80 Å². The highest BCUT2D eigenvalue weighted by Gasteiger charge is 2.16. The van der Waals surface area contributed by atoms with Crippen molar-refractivity contribution in [2.24, 2.45) is 7.05 Å². The minimum absolute atomic E-state index is 0.102. The Bertz CT molecular complexity index is 511. The first-order valence-corrected chi connectivity index (χ1v) is 5.77. The summed E-state index contributed by atoms with van der Waals surface area (Å²) in [6, 6.07) is 8.03. The molecule has 0 radical (unpaired) electrons. The van der Waals surface area contributed by atoms with Crippen LogP contribution in [-0.2, 0) is 13.5 Å². The summed E-state index contributed by atoms with van der Waals surface area (Å²) in [6.45, 7) is 0. The van der Waals surface area contributed by atoms with Gasteiger partial charge in [0.1, 0.15) is 5.75 Å². The van der Waals surface area contributed by atoms with Crippen LogP contribution in [0.15, 0.2) is 24.3 Å². The Hall–Kier alpha value is -1.95. The fourth-order valence-corrected chi connectivity index (χ4v) is 1.91. The molecule has 2 rings (SSSR count). The third-order valence-corrected chi connectivity index (χ3v) is 2.80. The maximum atomic E-state index is 5.37. The lowest BCUT2D eigenvalue weighted by molar-refractivity contribution is 0.400. The molecule has 1 aromatic carbocycles. The first kappa shape index (κ1) is 12.5. The van der Waals surface area contributed by atoms with Crippen LogP contribution < -0.4 is 10.1 Å². The van der Waals surface area contributed by atoms with Crippen molar-refractivity contribution in [3.8, 4) is 5.75 Å². The van der Waals surface area contributed by atoms with Crippen molar-refractivity contribution in [3.63, 3.8) is 0 Å². The van der Waals surface area contributed by atoms with Crippen LogP contribution in [0.25, 0.3) is 0 Å². The van der Waals surface area contributed by atoms with Crippen LogP contribution in [0.3, 0.4) is 0 Å². The van der Waals surface area contributed by atoms with E-state index in [1.807, 2.05) is 31.3 Å². The number of aromatic nitrogens is 4. The second-order valence-corrected chi connectivity index (χ2v) is 3.98. The normalized spacial score (nSPS) is 12.4. The minimum atomic E-state index is 0.102. The molecule has 1 atom stereocenters. The third-order valence-electron chi connectivity index (χ3n) is 2.80. The number of aryl methyl sites for hydroxylation is 1. The van der Waals surface area contributed by atoms with E-state index in [0.29, 0.717) is 12.2 Å². The molecule has 0 saturated carbocycles. The molecule has 1 aromatic heterocycles. The minimum Gasteiger partial charge on any atom is -0.496 e. The molecule has 0 spiro atoms. The number of likely N-dealkylation sites (N-methyl/N-ethyl adjacent to an activating group) is 1. The third kappa shape index (κ3) is 2.65. The second-order valence-electron chi connectivity index (χ2n) is 3.98. The average molecular weight is 247 g/mol. The Labute approximate surface area is 106 Å². The summed E-state index contributed by atoms with van der Waals surface area (Å²) in [5, 5.41) is 15.3.